The Balaban J connectivity index is 1.18. The maximum Gasteiger partial charge on any atom is 0.291 e. The number of amides is 1. The number of hydrogen-bond donors (Lipinski definition) is 1. The number of rotatable bonds is 4. The molecule has 2 aliphatic heterocycles. The average molecular weight is 366 g/mol. The van der Waals surface area contributed by atoms with Crippen molar-refractivity contribution < 1.29 is 9.53 Å². The van der Waals surface area contributed by atoms with E-state index in [1.165, 1.54) is 18.3 Å². The van der Waals surface area contributed by atoms with Gasteiger partial charge in [-0.05, 0) is 24.3 Å². The van der Waals surface area contributed by atoms with Crippen LogP contribution >= 0.6 is 0 Å². The molecule has 27 heavy (non-hydrogen) atoms. The van der Waals surface area contributed by atoms with Gasteiger partial charge in [0.05, 0.1) is 7.11 Å². The minimum Gasteiger partial charge on any atom is -0.497 e. The zero-order chi connectivity index (χ0) is 18.4. The minimum atomic E-state index is -0.129. The van der Waals surface area contributed by atoms with Crippen molar-refractivity contribution in [2.45, 2.75) is 0 Å². The summed E-state index contributed by atoms with van der Waals surface area (Å²) in [6.07, 6.45) is 2.97. The van der Waals surface area contributed by atoms with Gasteiger partial charge in [0.2, 0.25) is 5.82 Å². The molecule has 2 fully saturated rings. The van der Waals surface area contributed by atoms with Crippen molar-refractivity contribution in [1.82, 2.24) is 34.8 Å². The fourth-order valence-electron chi connectivity index (χ4n) is 3.76. The number of likely N-dealkylation sites (tertiary alicyclic amines) is 1. The lowest BCUT2D eigenvalue weighted by atomic mass is 9.72. The van der Waals surface area contributed by atoms with Gasteiger partial charge in [0.15, 0.2) is 0 Å². The molecule has 10 nitrogen and oxygen atoms in total. The van der Waals surface area contributed by atoms with Crippen molar-refractivity contribution >= 4 is 11.6 Å². The number of carbonyl (C=O) groups is 1. The van der Waals surface area contributed by atoms with Crippen LogP contribution < -0.4 is 9.64 Å². The van der Waals surface area contributed by atoms with Crippen molar-refractivity contribution in [2.24, 2.45) is 5.41 Å². The van der Waals surface area contributed by atoms with Gasteiger partial charge in [-0.3, -0.25) is 14.5 Å². The van der Waals surface area contributed by atoms with E-state index in [2.05, 4.69) is 42.4 Å². The van der Waals surface area contributed by atoms with Gasteiger partial charge in [-0.15, -0.1) is 15.3 Å². The highest BCUT2D eigenvalue weighted by Gasteiger charge is 2.53. The fourth-order valence-corrected chi connectivity index (χ4v) is 3.76. The topological polar surface area (TPSA) is 105 Å². The number of benzene rings is 1. The monoisotopic (exact) mass is 366 g/mol. The second kappa shape index (κ2) is 5.79. The van der Waals surface area contributed by atoms with Gasteiger partial charge in [0, 0.05) is 37.3 Å². The van der Waals surface area contributed by atoms with Crippen molar-refractivity contribution in [3.63, 3.8) is 0 Å². The molecule has 0 aliphatic carbocycles. The largest absolute Gasteiger partial charge is 0.497 e. The lowest BCUT2D eigenvalue weighted by Crippen LogP contribution is -2.73. The number of H-pyrrole nitrogens is 1. The van der Waals surface area contributed by atoms with Crippen LogP contribution in [-0.4, -0.2) is 74.0 Å². The molecule has 0 bridgehead atoms. The van der Waals surface area contributed by atoms with E-state index >= 15 is 0 Å². The first kappa shape index (κ1) is 15.8. The quantitative estimate of drug-likeness (QED) is 0.710. The van der Waals surface area contributed by atoms with Crippen molar-refractivity contribution in [3.05, 3.63) is 42.7 Å². The van der Waals surface area contributed by atoms with Gasteiger partial charge in [-0.25, -0.2) is 0 Å². The number of carbonyl (C=O) groups excluding carboxylic acids is 1. The molecule has 2 aromatic heterocycles. The molecule has 2 aliphatic rings. The second-order valence-corrected chi connectivity index (χ2v) is 7.07. The molecule has 1 aromatic carbocycles. The number of methoxy groups -OCH3 is 1. The van der Waals surface area contributed by atoms with Crippen LogP contribution in [0.15, 0.2) is 36.9 Å². The maximum atomic E-state index is 12.6. The lowest BCUT2D eigenvalue weighted by molar-refractivity contribution is -0.0112. The lowest BCUT2D eigenvalue weighted by Gasteiger charge is -2.60. The van der Waals surface area contributed by atoms with Crippen LogP contribution in [0.3, 0.4) is 0 Å². The Bertz CT molecular complexity index is 951. The zero-order valence-electron chi connectivity index (χ0n) is 14.7. The van der Waals surface area contributed by atoms with Gasteiger partial charge in [-0.2, -0.15) is 4.98 Å². The molecule has 138 valence electrons. The molecule has 4 heterocycles. The molecule has 0 radical (unpaired) electrons. The van der Waals surface area contributed by atoms with Crippen molar-refractivity contribution in [2.75, 3.05) is 38.2 Å². The van der Waals surface area contributed by atoms with E-state index in [1.807, 2.05) is 17.0 Å². The third-order valence-electron chi connectivity index (χ3n) is 5.16. The number of nitrogens with zero attached hydrogens (tertiary/aromatic N) is 7. The molecule has 10 heteroatoms. The fraction of sp³-hybridized carbons (Fsp3) is 0.353. The first-order valence-electron chi connectivity index (χ1n) is 8.62. The van der Waals surface area contributed by atoms with Crippen molar-refractivity contribution in [1.29, 1.82) is 0 Å². The van der Waals surface area contributed by atoms with Gasteiger partial charge < -0.3 is 14.5 Å². The van der Waals surface area contributed by atoms with E-state index in [0.29, 0.717) is 5.95 Å². The summed E-state index contributed by atoms with van der Waals surface area (Å²) in [5.41, 5.74) is 1.37. The Morgan fingerprint density at radius 2 is 1.81 bits per heavy atom. The highest BCUT2D eigenvalue weighted by atomic mass is 16.5. The van der Waals surface area contributed by atoms with Crippen LogP contribution in [0.4, 0.5) is 5.69 Å². The molecule has 0 atom stereocenters. The van der Waals surface area contributed by atoms with Crippen LogP contribution in [0, 0.1) is 5.41 Å². The molecule has 2 saturated heterocycles. The standard InChI is InChI=1S/C17H18N8O2/c1-27-13-4-2-12(3-5-13)23-6-17(7-23)8-24(9-17)15(26)14-20-16(22-21-14)25-10-18-19-11-25/h2-5,10-11H,6-9H2,1H3,(H,20,21,22). The summed E-state index contributed by atoms with van der Waals surface area (Å²) in [5, 5.41) is 14.2. The third kappa shape index (κ3) is 2.60. The number of nitrogens with one attached hydrogen (secondary N) is 1. The molecule has 1 amide bonds. The summed E-state index contributed by atoms with van der Waals surface area (Å²) in [6.45, 7) is 3.37. The predicted molar refractivity (Wildman–Crippen MR) is 94.8 cm³/mol. The highest BCUT2D eigenvalue weighted by molar-refractivity contribution is 5.91. The van der Waals surface area contributed by atoms with E-state index < -0.39 is 0 Å². The SMILES string of the molecule is COc1ccc(N2CC3(CN(C(=O)c4nc(-n5cnnc5)n[nH]4)C3)C2)cc1. The molecule has 0 saturated carbocycles. The van der Waals surface area contributed by atoms with Crippen LogP contribution in [0.2, 0.25) is 0 Å². The molecular formula is C17H18N8O2. The first-order chi connectivity index (χ1) is 13.2. The van der Waals surface area contributed by atoms with Crippen LogP contribution in [0.1, 0.15) is 10.6 Å². The Morgan fingerprint density at radius 3 is 2.48 bits per heavy atom. The minimum absolute atomic E-state index is 0.129. The van der Waals surface area contributed by atoms with Gasteiger partial charge in [-0.1, -0.05) is 0 Å². The number of anilines is 1. The Morgan fingerprint density at radius 1 is 1.11 bits per heavy atom. The highest BCUT2D eigenvalue weighted by Crippen LogP contribution is 2.42. The summed E-state index contributed by atoms with van der Waals surface area (Å²) in [7, 11) is 1.66. The van der Waals surface area contributed by atoms with Gasteiger partial charge in [0.1, 0.15) is 18.4 Å². The van der Waals surface area contributed by atoms with E-state index in [9.17, 15) is 4.79 Å². The normalized spacial score (nSPS) is 17.5. The molecule has 0 unspecified atom stereocenters. The van der Waals surface area contributed by atoms with Crippen LogP contribution in [0.5, 0.6) is 5.75 Å². The van der Waals surface area contributed by atoms with E-state index in [4.69, 9.17) is 4.74 Å². The van der Waals surface area contributed by atoms with Gasteiger partial charge >= 0.3 is 0 Å². The number of aromatic amines is 1. The zero-order valence-corrected chi connectivity index (χ0v) is 14.7. The maximum absolute atomic E-state index is 12.6. The van der Waals surface area contributed by atoms with Crippen molar-refractivity contribution in [3.8, 4) is 11.7 Å². The van der Waals surface area contributed by atoms with E-state index in [1.54, 1.807) is 11.7 Å². The molecule has 1 N–H and O–H groups in total. The molecule has 3 aromatic rings. The summed E-state index contributed by atoms with van der Waals surface area (Å²) < 4.78 is 6.74. The van der Waals surface area contributed by atoms with Gasteiger partial charge in [0.25, 0.3) is 11.9 Å². The summed E-state index contributed by atoms with van der Waals surface area (Å²) in [6, 6.07) is 8.06. The predicted octanol–water partition coefficient (Wildman–Crippen LogP) is 0.356. The number of hydrogen-bond acceptors (Lipinski definition) is 7. The summed E-state index contributed by atoms with van der Waals surface area (Å²) in [4.78, 5) is 20.9. The number of aromatic nitrogens is 6. The van der Waals surface area contributed by atoms with Crippen LogP contribution in [0.25, 0.3) is 5.95 Å². The summed E-state index contributed by atoms with van der Waals surface area (Å²) in [5.74, 6) is 1.32. The Kier molecular flexibility index (Phi) is 3.39. The third-order valence-corrected chi connectivity index (χ3v) is 5.16. The number of ether oxygens (including phenoxy) is 1. The Hall–Kier alpha value is -3.43. The van der Waals surface area contributed by atoms with E-state index in [-0.39, 0.29) is 17.1 Å². The second-order valence-electron chi connectivity index (χ2n) is 7.07. The Labute approximate surface area is 154 Å². The summed E-state index contributed by atoms with van der Waals surface area (Å²) >= 11 is 0. The smallest absolute Gasteiger partial charge is 0.291 e. The van der Waals surface area contributed by atoms with Crippen LogP contribution in [-0.2, 0) is 0 Å². The molecular weight excluding hydrogens is 348 g/mol. The molecule has 5 rings (SSSR count). The van der Waals surface area contributed by atoms with E-state index in [0.717, 1.165) is 31.9 Å². The molecule has 1 spiro atoms. The first-order valence-corrected chi connectivity index (χ1v) is 8.62. The average Bonchev–Trinajstić information content (AvgIpc) is 3.31.